The number of carbonyl (C=O) groups excluding carboxylic acids is 2. The van der Waals surface area contributed by atoms with Gasteiger partial charge in [-0.15, -0.1) is 0 Å². The van der Waals surface area contributed by atoms with Crippen LogP contribution in [-0.4, -0.2) is 24.2 Å². The number of nitriles is 1. The number of thioether (sulfide) groups is 1. The summed E-state index contributed by atoms with van der Waals surface area (Å²) in [5.41, 5.74) is 2.08. The molecule has 1 aliphatic rings. The van der Waals surface area contributed by atoms with Gasteiger partial charge in [-0.3, -0.25) is 14.5 Å². The van der Waals surface area contributed by atoms with E-state index in [1.54, 1.807) is 30.3 Å². The summed E-state index contributed by atoms with van der Waals surface area (Å²) < 4.78 is 5.42. The largest absolute Gasteiger partial charge is 0.494 e. The molecule has 3 rings (SSSR count). The molecule has 0 atom stereocenters. The molecule has 7 heteroatoms. The van der Waals surface area contributed by atoms with Crippen LogP contribution in [-0.2, 0) is 9.59 Å². The number of nitrogens with zero attached hydrogens (tertiary/aromatic N) is 2. The molecule has 0 aromatic heterocycles. The first-order valence-corrected chi connectivity index (χ1v) is 9.73. The van der Waals surface area contributed by atoms with Gasteiger partial charge in [-0.2, -0.15) is 5.26 Å². The highest BCUT2D eigenvalue weighted by molar-refractivity contribution is 8.04. The molecule has 0 radical (unpaired) electrons. The van der Waals surface area contributed by atoms with Gasteiger partial charge in [0.15, 0.2) is 0 Å². The van der Waals surface area contributed by atoms with E-state index in [-0.39, 0.29) is 17.2 Å². The first kappa shape index (κ1) is 19.5. The van der Waals surface area contributed by atoms with Crippen LogP contribution in [0.3, 0.4) is 0 Å². The van der Waals surface area contributed by atoms with Crippen molar-refractivity contribution in [2.75, 3.05) is 22.6 Å². The third kappa shape index (κ3) is 4.18. The summed E-state index contributed by atoms with van der Waals surface area (Å²) in [6, 6.07) is 16.3. The molecular weight excluding hydrogens is 374 g/mol. The van der Waals surface area contributed by atoms with E-state index in [0.29, 0.717) is 28.8 Å². The average Bonchev–Trinajstić information content (AvgIpc) is 3.04. The van der Waals surface area contributed by atoms with E-state index in [9.17, 15) is 14.9 Å². The highest BCUT2D eigenvalue weighted by atomic mass is 32.2. The maximum atomic E-state index is 12.7. The fourth-order valence-electron chi connectivity index (χ4n) is 2.79. The van der Waals surface area contributed by atoms with Crippen molar-refractivity contribution in [2.24, 2.45) is 0 Å². The summed E-state index contributed by atoms with van der Waals surface area (Å²) >= 11 is 1.18. The van der Waals surface area contributed by atoms with Gasteiger partial charge in [0.1, 0.15) is 22.4 Å². The third-order valence-corrected chi connectivity index (χ3v) is 5.07. The van der Waals surface area contributed by atoms with Crippen LogP contribution in [0.1, 0.15) is 12.5 Å². The Morgan fingerprint density at radius 1 is 1.29 bits per heavy atom. The summed E-state index contributed by atoms with van der Waals surface area (Å²) in [5, 5.41) is 12.7. The number of nitrogens with one attached hydrogen (secondary N) is 1. The van der Waals surface area contributed by atoms with Crippen LogP contribution >= 0.6 is 11.8 Å². The van der Waals surface area contributed by atoms with Crippen molar-refractivity contribution in [3.05, 3.63) is 64.7 Å². The number of amides is 2. The number of anilines is 2. The van der Waals surface area contributed by atoms with Crippen molar-refractivity contribution in [1.29, 1.82) is 5.26 Å². The molecule has 0 saturated carbocycles. The molecule has 0 unspecified atom stereocenters. The summed E-state index contributed by atoms with van der Waals surface area (Å²) in [6.45, 7) is 4.35. The number of aryl methyl sites for hydroxylation is 1. The van der Waals surface area contributed by atoms with Gasteiger partial charge >= 0.3 is 0 Å². The molecule has 2 amide bonds. The minimum atomic E-state index is -0.541. The van der Waals surface area contributed by atoms with Gasteiger partial charge in [-0.25, -0.2) is 0 Å². The Morgan fingerprint density at radius 2 is 2.04 bits per heavy atom. The summed E-state index contributed by atoms with van der Waals surface area (Å²) in [6.07, 6.45) is 0. The first-order chi connectivity index (χ1) is 13.5. The topological polar surface area (TPSA) is 82.4 Å². The van der Waals surface area contributed by atoms with Crippen LogP contribution in [0, 0.1) is 18.3 Å². The van der Waals surface area contributed by atoms with E-state index in [2.05, 4.69) is 5.32 Å². The van der Waals surface area contributed by atoms with Crippen molar-refractivity contribution in [3.63, 3.8) is 0 Å². The van der Waals surface area contributed by atoms with E-state index < -0.39 is 5.91 Å². The van der Waals surface area contributed by atoms with Crippen LogP contribution in [0.4, 0.5) is 11.4 Å². The van der Waals surface area contributed by atoms with E-state index in [1.807, 2.05) is 38.1 Å². The van der Waals surface area contributed by atoms with Crippen LogP contribution in [0.25, 0.3) is 0 Å². The molecule has 0 aliphatic carbocycles. The molecule has 1 N–H and O–H groups in total. The Balaban J connectivity index is 1.92. The molecule has 6 nitrogen and oxygen atoms in total. The van der Waals surface area contributed by atoms with Crippen LogP contribution in [0.15, 0.2) is 59.1 Å². The summed E-state index contributed by atoms with van der Waals surface area (Å²) in [7, 11) is 0. The van der Waals surface area contributed by atoms with Gasteiger partial charge in [0, 0.05) is 11.4 Å². The van der Waals surface area contributed by atoms with Crippen molar-refractivity contribution >= 4 is 35.0 Å². The predicted octanol–water partition coefficient (Wildman–Crippen LogP) is 3.85. The molecule has 28 heavy (non-hydrogen) atoms. The molecule has 142 valence electrons. The van der Waals surface area contributed by atoms with Crippen molar-refractivity contribution in [2.45, 2.75) is 13.8 Å². The smallest absolute Gasteiger partial charge is 0.269 e. The Kier molecular flexibility index (Phi) is 6.02. The van der Waals surface area contributed by atoms with Gasteiger partial charge in [0.25, 0.3) is 5.91 Å². The molecule has 2 aromatic rings. The van der Waals surface area contributed by atoms with E-state index in [4.69, 9.17) is 4.74 Å². The fourth-order valence-corrected chi connectivity index (χ4v) is 3.80. The highest BCUT2D eigenvalue weighted by Crippen LogP contribution is 2.36. The van der Waals surface area contributed by atoms with Gasteiger partial charge < -0.3 is 10.1 Å². The van der Waals surface area contributed by atoms with Crippen LogP contribution < -0.4 is 15.0 Å². The Morgan fingerprint density at radius 3 is 2.68 bits per heavy atom. The van der Waals surface area contributed by atoms with Gasteiger partial charge in [-0.1, -0.05) is 23.9 Å². The molecule has 1 aliphatic heterocycles. The Bertz CT molecular complexity index is 977. The number of benzene rings is 2. The molecule has 1 saturated heterocycles. The second-order valence-corrected chi connectivity index (χ2v) is 7.02. The monoisotopic (exact) mass is 393 g/mol. The van der Waals surface area contributed by atoms with Gasteiger partial charge in [0.2, 0.25) is 5.91 Å². The number of carbonyl (C=O) groups is 2. The predicted molar refractivity (Wildman–Crippen MR) is 110 cm³/mol. The van der Waals surface area contributed by atoms with Crippen LogP contribution in [0.2, 0.25) is 0 Å². The Labute approximate surface area is 167 Å². The zero-order valence-corrected chi connectivity index (χ0v) is 16.4. The number of hydrogen-bond donors (Lipinski definition) is 1. The lowest BCUT2D eigenvalue weighted by molar-refractivity contribution is -0.115. The van der Waals surface area contributed by atoms with Crippen LogP contribution in [0.5, 0.6) is 5.75 Å². The summed E-state index contributed by atoms with van der Waals surface area (Å²) in [5.74, 6) is 0.140. The quantitative estimate of drug-likeness (QED) is 0.616. The lowest BCUT2D eigenvalue weighted by Gasteiger charge is -2.19. The van der Waals surface area contributed by atoms with Gasteiger partial charge in [-0.05, 0) is 55.8 Å². The summed E-state index contributed by atoms with van der Waals surface area (Å²) in [4.78, 5) is 26.6. The fraction of sp³-hybridized carbons (Fsp3) is 0.190. The maximum Gasteiger partial charge on any atom is 0.269 e. The van der Waals surface area contributed by atoms with Crippen molar-refractivity contribution < 1.29 is 14.3 Å². The standard InChI is InChI=1S/C21H19N3O3S/c1-3-27-17-9-7-16(8-10-17)24-19(25)13-28-21(24)18(12-22)20(26)23-15-6-4-5-14(2)11-15/h4-11H,3,13H2,1-2H3,(H,23,26)/b21-18-. The zero-order chi connectivity index (χ0) is 20.1. The third-order valence-electron chi connectivity index (χ3n) is 4.02. The van der Waals surface area contributed by atoms with E-state index in [0.717, 1.165) is 5.56 Å². The molecule has 0 spiro atoms. The van der Waals surface area contributed by atoms with E-state index in [1.165, 1.54) is 16.7 Å². The second kappa shape index (κ2) is 8.63. The minimum Gasteiger partial charge on any atom is -0.494 e. The Hall–Kier alpha value is -3.24. The zero-order valence-electron chi connectivity index (χ0n) is 15.6. The first-order valence-electron chi connectivity index (χ1n) is 8.74. The molecule has 2 aromatic carbocycles. The number of rotatable bonds is 5. The highest BCUT2D eigenvalue weighted by Gasteiger charge is 2.33. The normalized spacial score (nSPS) is 15.2. The van der Waals surface area contributed by atoms with Crippen molar-refractivity contribution in [1.82, 2.24) is 0 Å². The lowest BCUT2D eigenvalue weighted by Crippen LogP contribution is -2.26. The second-order valence-electron chi connectivity index (χ2n) is 6.06. The van der Waals surface area contributed by atoms with Crippen molar-refractivity contribution in [3.8, 4) is 11.8 Å². The average molecular weight is 393 g/mol. The number of hydrogen-bond acceptors (Lipinski definition) is 5. The molecular formula is C21H19N3O3S. The van der Waals surface area contributed by atoms with E-state index >= 15 is 0 Å². The maximum absolute atomic E-state index is 12.7. The minimum absolute atomic E-state index is 0.0914. The number of ether oxygens (including phenoxy) is 1. The molecule has 1 fully saturated rings. The SMILES string of the molecule is CCOc1ccc(N2C(=O)CS/C2=C(/C#N)C(=O)Nc2cccc(C)c2)cc1. The van der Waals surface area contributed by atoms with Gasteiger partial charge in [0.05, 0.1) is 12.4 Å². The molecule has 0 bridgehead atoms. The lowest BCUT2D eigenvalue weighted by atomic mass is 10.2. The molecule has 1 heterocycles.